The number of hydrogen-bond donors (Lipinski definition) is 0. The number of benzene rings is 2. The van der Waals surface area contributed by atoms with Gasteiger partial charge in [-0.25, -0.2) is 0 Å². The number of likely N-dealkylation sites (tertiary alicyclic amines) is 1. The zero-order valence-electron chi connectivity index (χ0n) is 17.6. The Balaban J connectivity index is 1.42. The summed E-state index contributed by atoms with van der Waals surface area (Å²) in [5, 5.41) is 12.8. The van der Waals surface area contributed by atoms with Crippen molar-refractivity contribution in [2.45, 2.75) is 38.8 Å². The van der Waals surface area contributed by atoms with Crippen molar-refractivity contribution in [2.24, 2.45) is 0 Å². The Morgan fingerprint density at radius 2 is 2.00 bits per heavy atom. The monoisotopic (exact) mass is 402 g/mol. The minimum absolute atomic E-state index is 0.0193. The quantitative estimate of drug-likeness (QED) is 0.674. The van der Waals surface area contributed by atoms with Crippen molar-refractivity contribution in [3.05, 3.63) is 59.2 Å². The third-order valence-corrected chi connectivity index (χ3v) is 6.34. The number of aromatic nitrogens is 4. The first-order valence-corrected chi connectivity index (χ1v) is 10.5. The number of carbonyl (C=O) groups excluding carboxylic acids is 1. The molecule has 0 N–H and O–H groups in total. The maximum Gasteiger partial charge on any atom is 0.250 e. The van der Waals surface area contributed by atoms with Gasteiger partial charge in [-0.2, -0.15) is 4.80 Å². The zero-order valence-corrected chi connectivity index (χ0v) is 17.6. The molecule has 1 saturated heterocycles. The third kappa shape index (κ3) is 3.19. The summed E-state index contributed by atoms with van der Waals surface area (Å²) in [5.41, 5.74) is 5.58. The second kappa shape index (κ2) is 7.32. The first-order chi connectivity index (χ1) is 14.5. The van der Waals surface area contributed by atoms with Gasteiger partial charge in [0.05, 0.1) is 0 Å². The van der Waals surface area contributed by atoms with Gasteiger partial charge in [-0.05, 0) is 56.3 Å². The fraction of sp³-hybridized carbons (Fsp3) is 0.391. The highest BCUT2D eigenvalue weighted by molar-refractivity contribution is 5.96. The highest BCUT2D eigenvalue weighted by Crippen LogP contribution is 2.45. The molecule has 0 spiro atoms. The average molecular weight is 403 g/mol. The molecule has 7 nitrogen and oxygen atoms in total. The summed E-state index contributed by atoms with van der Waals surface area (Å²) < 4.78 is 0. The second-order valence-corrected chi connectivity index (χ2v) is 8.51. The van der Waals surface area contributed by atoms with Crippen LogP contribution < -0.4 is 4.90 Å². The van der Waals surface area contributed by atoms with Crippen LogP contribution in [-0.2, 0) is 11.3 Å². The Bertz CT molecular complexity index is 1110. The summed E-state index contributed by atoms with van der Waals surface area (Å²) in [6, 6.07) is 14.5. The van der Waals surface area contributed by atoms with Gasteiger partial charge in [0.25, 0.3) is 5.91 Å². The molecule has 5 rings (SSSR count). The summed E-state index contributed by atoms with van der Waals surface area (Å²) in [4.78, 5) is 19.2. The molecule has 30 heavy (non-hydrogen) atoms. The Labute approximate surface area is 176 Å². The van der Waals surface area contributed by atoms with Crippen LogP contribution in [0.3, 0.4) is 0 Å². The summed E-state index contributed by atoms with van der Waals surface area (Å²) in [6.07, 6.45) is 0.972. The number of amides is 1. The molecule has 7 heteroatoms. The molecule has 154 valence electrons. The number of hydrogen-bond acceptors (Lipinski definition) is 5. The molecule has 2 aromatic carbocycles. The molecule has 3 aromatic rings. The van der Waals surface area contributed by atoms with E-state index in [4.69, 9.17) is 0 Å². The van der Waals surface area contributed by atoms with Crippen molar-refractivity contribution in [1.29, 1.82) is 0 Å². The van der Waals surface area contributed by atoms with Crippen LogP contribution in [0, 0.1) is 13.8 Å². The van der Waals surface area contributed by atoms with Crippen LogP contribution in [0.25, 0.3) is 11.4 Å². The molecule has 1 amide bonds. The van der Waals surface area contributed by atoms with Crippen molar-refractivity contribution in [1.82, 2.24) is 25.1 Å². The van der Waals surface area contributed by atoms with Gasteiger partial charge in [-0.3, -0.25) is 4.79 Å². The maximum absolute atomic E-state index is 13.4. The lowest BCUT2D eigenvalue weighted by atomic mass is 9.89. The molecule has 2 atom stereocenters. The molecular formula is C23H26N6O. The van der Waals surface area contributed by atoms with Crippen molar-refractivity contribution >= 4 is 11.6 Å². The third-order valence-electron chi connectivity index (χ3n) is 6.34. The number of carbonyl (C=O) groups is 1. The molecular weight excluding hydrogens is 376 g/mol. The van der Waals surface area contributed by atoms with E-state index in [1.807, 2.05) is 36.1 Å². The fourth-order valence-corrected chi connectivity index (χ4v) is 4.84. The summed E-state index contributed by atoms with van der Waals surface area (Å²) in [6.45, 7) is 6.19. The van der Waals surface area contributed by atoms with Crippen molar-refractivity contribution in [3.63, 3.8) is 0 Å². The van der Waals surface area contributed by atoms with E-state index in [-0.39, 0.29) is 18.5 Å². The standard InChI is InChI=1S/C23H26N6O/c1-15-8-9-20-18(12-15)19-13-27(3)11-10-21(19)29(20)22(30)14-28-25-23(24-26-28)17-7-5-4-6-16(17)2/h4-9,12,19,21H,10-11,13-14H2,1-3H3/t19-,21-/m0/s1. The van der Waals surface area contributed by atoms with Crippen LogP contribution in [0.2, 0.25) is 0 Å². The van der Waals surface area contributed by atoms with Gasteiger partial charge in [0, 0.05) is 29.8 Å². The predicted molar refractivity (Wildman–Crippen MR) is 115 cm³/mol. The summed E-state index contributed by atoms with van der Waals surface area (Å²) >= 11 is 0. The van der Waals surface area contributed by atoms with E-state index in [0.29, 0.717) is 11.7 Å². The summed E-state index contributed by atoms with van der Waals surface area (Å²) in [5.74, 6) is 0.926. The largest absolute Gasteiger partial charge is 0.307 e. The van der Waals surface area contributed by atoms with Gasteiger partial charge in [-0.1, -0.05) is 42.0 Å². The molecule has 2 aliphatic heterocycles. The highest BCUT2D eigenvalue weighted by Gasteiger charge is 2.43. The first-order valence-electron chi connectivity index (χ1n) is 10.5. The number of rotatable bonds is 3. The number of anilines is 1. The van der Waals surface area contributed by atoms with Gasteiger partial charge >= 0.3 is 0 Å². The highest BCUT2D eigenvalue weighted by atomic mass is 16.2. The van der Waals surface area contributed by atoms with Crippen LogP contribution in [0.5, 0.6) is 0 Å². The maximum atomic E-state index is 13.4. The summed E-state index contributed by atoms with van der Waals surface area (Å²) in [7, 11) is 2.16. The molecule has 1 fully saturated rings. The molecule has 0 radical (unpaired) electrons. The SMILES string of the molecule is Cc1ccc2c(c1)[C@@H]1CN(C)CC[C@@H]1N2C(=O)Cn1nnc(-c2ccccc2C)n1. The average Bonchev–Trinajstić information content (AvgIpc) is 3.30. The smallest absolute Gasteiger partial charge is 0.250 e. The molecule has 1 aromatic heterocycles. The predicted octanol–water partition coefficient (Wildman–Crippen LogP) is 2.79. The molecule has 2 aliphatic rings. The topological polar surface area (TPSA) is 67.2 Å². The van der Waals surface area contributed by atoms with Crippen LogP contribution in [-0.4, -0.2) is 57.2 Å². The zero-order chi connectivity index (χ0) is 20.8. The number of aryl methyl sites for hydroxylation is 2. The first kappa shape index (κ1) is 18.9. The number of fused-ring (bicyclic) bond motifs is 3. The lowest BCUT2D eigenvalue weighted by Crippen LogP contribution is -2.48. The van der Waals surface area contributed by atoms with Gasteiger partial charge in [0.1, 0.15) is 6.54 Å². The minimum atomic E-state index is 0.0193. The molecule has 0 aliphatic carbocycles. The second-order valence-electron chi connectivity index (χ2n) is 8.51. The minimum Gasteiger partial charge on any atom is -0.307 e. The normalized spacial score (nSPS) is 20.8. The number of piperidine rings is 1. The Morgan fingerprint density at radius 1 is 1.17 bits per heavy atom. The van der Waals surface area contributed by atoms with Crippen molar-refractivity contribution in [3.8, 4) is 11.4 Å². The number of tetrazole rings is 1. The van der Waals surface area contributed by atoms with Crippen molar-refractivity contribution < 1.29 is 4.79 Å². The van der Waals surface area contributed by atoms with Crippen LogP contribution >= 0.6 is 0 Å². The van der Waals surface area contributed by atoms with E-state index in [9.17, 15) is 4.79 Å². The van der Waals surface area contributed by atoms with Gasteiger partial charge in [0.2, 0.25) is 5.82 Å². The van der Waals surface area contributed by atoms with Crippen LogP contribution in [0.15, 0.2) is 42.5 Å². The fourth-order valence-electron chi connectivity index (χ4n) is 4.84. The number of nitrogens with zero attached hydrogens (tertiary/aromatic N) is 6. The Morgan fingerprint density at radius 3 is 2.83 bits per heavy atom. The van der Waals surface area contributed by atoms with Gasteiger partial charge in [0.15, 0.2) is 0 Å². The van der Waals surface area contributed by atoms with E-state index >= 15 is 0 Å². The van der Waals surface area contributed by atoms with E-state index in [1.54, 1.807) is 0 Å². The van der Waals surface area contributed by atoms with Crippen molar-refractivity contribution in [2.75, 3.05) is 25.0 Å². The molecule has 0 unspecified atom stereocenters. The van der Waals surface area contributed by atoms with E-state index in [2.05, 4.69) is 52.5 Å². The van der Waals surface area contributed by atoms with Crippen LogP contribution in [0.1, 0.15) is 29.0 Å². The Hall–Kier alpha value is -3.06. The lowest BCUT2D eigenvalue weighted by Gasteiger charge is -2.36. The van der Waals surface area contributed by atoms with Gasteiger partial charge in [-0.15, -0.1) is 10.2 Å². The van der Waals surface area contributed by atoms with E-state index < -0.39 is 0 Å². The molecule has 0 bridgehead atoms. The lowest BCUT2D eigenvalue weighted by molar-refractivity contribution is -0.120. The molecule has 3 heterocycles. The van der Waals surface area contributed by atoms with Gasteiger partial charge < -0.3 is 9.80 Å². The number of likely N-dealkylation sites (N-methyl/N-ethyl adjacent to an activating group) is 1. The van der Waals surface area contributed by atoms with E-state index in [0.717, 1.165) is 36.3 Å². The molecule has 0 saturated carbocycles. The van der Waals surface area contributed by atoms with Crippen LogP contribution in [0.4, 0.5) is 5.69 Å². The van der Waals surface area contributed by atoms with E-state index in [1.165, 1.54) is 15.9 Å². The Kier molecular flexibility index (Phi) is 4.62.